The number of hydrogen-bond acceptors (Lipinski definition) is 4. The predicted molar refractivity (Wildman–Crippen MR) is 41.7 cm³/mol. The van der Waals surface area contributed by atoms with E-state index in [2.05, 4.69) is 10.3 Å². The molecule has 1 rings (SSSR count). The van der Waals surface area contributed by atoms with Gasteiger partial charge < -0.3 is 9.73 Å². The molecule has 0 aliphatic rings. The minimum absolute atomic E-state index is 0.273. The van der Waals surface area contributed by atoms with Gasteiger partial charge >= 0.3 is 0 Å². The first-order valence-corrected chi connectivity index (χ1v) is 3.45. The molecule has 0 fully saturated rings. The molecule has 0 bridgehead atoms. The number of rotatable bonds is 2. The second-order valence-electron chi connectivity index (χ2n) is 2.14. The Morgan fingerprint density at radius 1 is 1.73 bits per heavy atom. The van der Waals surface area contributed by atoms with Gasteiger partial charge in [0.2, 0.25) is 0 Å². The topological polar surface area (TPSA) is 55.1 Å². The van der Waals surface area contributed by atoms with Crippen LogP contribution >= 0.6 is 0 Å². The molecule has 11 heavy (non-hydrogen) atoms. The monoisotopic (exact) mass is 154 g/mol. The molecule has 0 saturated carbocycles. The van der Waals surface area contributed by atoms with E-state index in [1.807, 2.05) is 6.92 Å². The number of aryl methyl sites for hydroxylation is 1. The lowest BCUT2D eigenvalue weighted by atomic mass is 10.5. The van der Waals surface area contributed by atoms with Crippen LogP contribution in [0, 0.1) is 6.92 Å². The molecular weight excluding hydrogens is 144 g/mol. The summed E-state index contributed by atoms with van der Waals surface area (Å²) in [5.41, 5.74) is -0.273. The third-order valence-corrected chi connectivity index (χ3v) is 1.12. The highest BCUT2D eigenvalue weighted by atomic mass is 16.4. The zero-order valence-corrected chi connectivity index (χ0v) is 6.55. The van der Waals surface area contributed by atoms with Crippen molar-refractivity contribution in [2.24, 2.45) is 0 Å². The quantitative estimate of drug-likeness (QED) is 0.683. The third kappa shape index (κ3) is 2.07. The van der Waals surface area contributed by atoms with Crippen LogP contribution in [0.1, 0.15) is 12.7 Å². The Bertz CT molecular complexity index is 293. The van der Waals surface area contributed by atoms with Gasteiger partial charge in [0.1, 0.15) is 5.76 Å². The molecule has 1 aromatic heterocycles. The number of aromatic nitrogens is 1. The summed E-state index contributed by atoms with van der Waals surface area (Å²) >= 11 is 0. The van der Waals surface area contributed by atoms with Crippen LogP contribution in [-0.4, -0.2) is 11.5 Å². The fourth-order valence-corrected chi connectivity index (χ4v) is 0.738. The van der Waals surface area contributed by atoms with Gasteiger partial charge in [-0.25, -0.2) is 0 Å². The molecule has 0 atom stereocenters. The van der Waals surface area contributed by atoms with E-state index in [4.69, 9.17) is 4.42 Å². The Morgan fingerprint density at radius 2 is 2.45 bits per heavy atom. The van der Waals surface area contributed by atoms with Gasteiger partial charge in [-0.05, 0) is 13.8 Å². The van der Waals surface area contributed by atoms with E-state index in [1.54, 1.807) is 6.92 Å². The summed E-state index contributed by atoms with van der Waals surface area (Å²) < 4.78 is 5.08. The minimum Gasteiger partial charge on any atom is -0.430 e. The van der Waals surface area contributed by atoms with Crippen LogP contribution < -0.4 is 10.9 Å². The summed E-state index contributed by atoms with van der Waals surface area (Å²) in [6, 6.07) is 1.64. The molecule has 4 heteroatoms. The lowest BCUT2D eigenvalue weighted by molar-refractivity contribution is 0.509. The number of nitrogens with one attached hydrogen (secondary N) is 1. The highest BCUT2D eigenvalue weighted by Crippen LogP contribution is 2.00. The van der Waals surface area contributed by atoms with Gasteiger partial charge in [-0.15, -0.1) is 0 Å². The fraction of sp³-hybridized carbons (Fsp3) is 0.429. The molecule has 4 nitrogen and oxygen atoms in total. The van der Waals surface area contributed by atoms with Gasteiger partial charge in [-0.1, -0.05) is 0 Å². The van der Waals surface area contributed by atoms with Crippen molar-refractivity contribution in [2.45, 2.75) is 13.8 Å². The first-order valence-electron chi connectivity index (χ1n) is 3.45. The second kappa shape index (κ2) is 3.18. The van der Waals surface area contributed by atoms with E-state index < -0.39 is 0 Å². The highest BCUT2D eigenvalue weighted by molar-refractivity contribution is 5.18. The van der Waals surface area contributed by atoms with E-state index in [-0.39, 0.29) is 11.6 Å². The smallest absolute Gasteiger partial charge is 0.298 e. The van der Waals surface area contributed by atoms with Gasteiger partial charge in [-0.3, -0.25) is 4.79 Å². The Kier molecular flexibility index (Phi) is 2.25. The van der Waals surface area contributed by atoms with E-state index in [9.17, 15) is 4.79 Å². The van der Waals surface area contributed by atoms with Crippen LogP contribution in [-0.2, 0) is 0 Å². The average molecular weight is 154 g/mol. The van der Waals surface area contributed by atoms with E-state index in [0.717, 1.165) is 0 Å². The first-order chi connectivity index (χ1) is 5.22. The Hall–Kier alpha value is -1.32. The van der Waals surface area contributed by atoms with Gasteiger partial charge in [0.15, 0.2) is 0 Å². The van der Waals surface area contributed by atoms with E-state index in [0.29, 0.717) is 12.3 Å². The highest BCUT2D eigenvalue weighted by Gasteiger charge is 1.96. The number of nitrogens with zero attached hydrogens (tertiary/aromatic N) is 1. The normalized spacial score (nSPS) is 9.64. The molecule has 0 spiro atoms. The van der Waals surface area contributed by atoms with Crippen molar-refractivity contribution >= 4 is 6.01 Å². The molecule has 0 saturated heterocycles. The van der Waals surface area contributed by atoms with Gasteiger partial charge in [0, 0.05) is 12.6 Å². The predicted octanol–water partition coefficient (Wildman–Crippen LogP) is 0.775. The molecule has 0 amide bonds. The van der Waals surface area contributed by atoms with Gasteiger partial charge in [0.05, 0.1) is 0 Å². The number of anilines is 1. The standard InChI is InChI=1S/C7H10N2O2/c1-3-8-7-9-6(10)4-5(2)11-7/h4H,3H2,1-2H3,(H,8,9,10). The van der Waals surface area contributed by atoms with Gasteiger partial charge in [-0.2, -0.15) is 4.98 Å². The molecule has 0 aliphatic heterocycles. The van der Waals surface area contributed by atoms with Gasteiger partial charge in [0.25, 0.3) is 11.6 Å². The summed E-state index contributed by atoms with van der Waals surface area (Å²) in [7, 11) is 0. The third-order valence-electron chi connectivity index (χ3n) is 1.12. The SMILES string of the molecule is CCNc1nc(=O)cc(C)o1. The Labute approximate surface area is 64.3 Å². The summed E-state index contributed by atoms with van der Waals surface area (Å²) in [5, 5.41) is 2.81. The van der Waals surface area contributed by atoms with Crippen molar-refractivity contribution in [3.63, 3.8) is 0 Å². The minimum atomic E-state index is -0.273. The summed E-state index contributed by atoms with van der Waals surface area (Å²) in [4.78, 5) is 14.4. The molecule has 0 radical (unpaired) electrons. The maximum atomic E-state index is 10.8. The molecule has 0 aliphatic carbocycles. The Morgan fingerprint density at radius 3 is 3.00 bits per heavy atom. The average Bonchev–Trinajstić information content (AvgIpc) is 1.85. The lowest BCUT2D eigenvalue weighted by Crippen LogP contribution is -2.09. The molecule has 1 aromatic rings. The van der Waals surface area contributed by atoms with Crippen LogP contribution in [0.25, 0.3) is 0 Å². The summed E-state index contributed by atoms with van der Waals surface area (Å²) in [5.74, 6) is 0.570. The molecule has 60 valence electrons. The second-order valence-corrected chi connectivity index (χ2v) is 2.14. The van der Waals surface area contributed by atoms with Crippen molar-refractivity contribution in [2.75, 3.05) is 11.9 Å². The zero-order valence-electron chi connectivity index (χ0n) is 6.55. The first kappa shape index (κ1) is 7.78. The molecule has 0 aromatic carbocycles. The number of hydrogen-bond donors (Lipinski definition) is 1. The van der Waals surface area contributed by atoms with E-state index >= 15 is 0 Å². The molecular formula is C7H10N2O2. The molecule has 0 unspecified atom stereocenters. The van der Waals surface area contributed by atoms with Crippen LogP contribution in [0.2, 0.25) is 0 Å². The zero-order chi connectivity index (χ0) is 8.27. The largest absolute Gasteiger partial charge is 0.430 e. The maximum absolute atomic E-state index is 10.8. The lowest BCUT2D eigenvalue weighted by Gasteiger charge is -1.99. The fourth-order valence-electron chi connectivity index (χ4n) is 0.738. The van der Waals surface area contributed by atoms with Crippen LogP contribution in [0.5, 0.6) is 0 Å². The van der Waals surface area contributed by atoms with Crippen LogP contribution in [0.4, 0.5) is 6.01 Å². The van der Waals surface area contributed by atoms with Crippen molar-refractivity contribution in [1.82, 2.24) is 4.98 Å². The summed E-state index contributed by atoms with van der Waals surface area (Å²) in [6.45, 7) is 4.31. The maximum Gasteiger partial charge on any atom is 0.298 e. The van der Waals surface area contributed by atoms with E-state index in [1.165, 1.54) is 6.07 Å². The Balaban J connectivity index is 2.99. The molecule has 1 N–H and O–H groups in total. The summed E-state index contributed by atoms with van der Waals surface area (Å²) in [6.07, 6.45) is 0. The van der Waals surface area contributed by atoms with Crippen molar-refractivity contribution in [3.05, 3.63) is 22.2 Å². The van der Waals surface area contributed by atoms with Crippen molar-refractivity contribution < 1.29 is 4.42 Å². The van der Waals surface area contributed by atoms with Crippen LogP contribution in [0.15, 0.2) is 15.3 Å². The van der Waals surface area contributed by atoms with Crippen molar-refractivity contribution in [1.29, 1.82) is 0 Å². The van der Waals surface area contributed by atoms with Crippen molar-refractivity contribution in [3.8, 4) is 0 Å². The van der Waals surface area contributed by atoms with Crippen LogP contribution in [0.3, 0.4) is 0 Å². The molecule has 1 heterocycles.